The van der Waals surface area contributed by atoms with Crippen LogP contribution in [0.25, 0.3) is 0 Å². The zero-order valence-electron chi connectivity index (χ0n) is 6.96. The van der Waals surface area contributed by atoms with Crippen molar-refractivity contribution in [2.24, 2.45) is 5.18 Å². The first kappa shape index (κ1) is 10.7. The fraction of sp³-hybridized carbons (Fsp3) is 0.714. The molecule has 4 heteroatoms. The van der Waals surface area contributed by atoms with Crippen molar-refractivity contribution in [2.75, 3.05) is 19.1 Å². The minimum Gasteiger partial charge on any atom is -0.312 e. The first-order valence-corrected chi connectivity index (χ1v) is 4.84. The SMILES string of the molecule is C=C(N=O)[C@H](CCSC)NC. The molecular formula is C7H14N2OS. The summed E-state index contributed by atoms with van der Waals surface area (Å²) in [5, 5.41) is 5.78. The maximum Gasteiger partial charge on any atom is 0.0946 e. The molecule has 11 heavy (non-hydrogen) atoms. The molecule has 0 aliphatic carbocycles. The Bertz CT molecular complexity index is 138. The van der Waals surface area contributed by atoms with Gasteiger partial charge in [0, 0.05) is 0 Å². The average Bonchev–Trinajstić information content (AvgIpc) is 2.05. The molecule has 0 spiro atoms. The first-order chi connectivity index (χ1) is 5.26. The van der Waals surface area contributed by atoms with Crippen LogP contribution in [0.15, 0.2) is 17.5 Å². The molecule has 0 bridgehead atoms. The van der Waals surface area contributed by atoms with Gasteiger partial charge in [-0.2, -0.15) is 11.8 Å². The Balaban J connectivity index is 3.74. The van der Waals surface area contributed by atoms with Gasteiger partial charge in [0.15, 0.2) is 0 Å². The molecule has 0 radical (unpaired) electrons. The molecular weight excluding hydrogens is 160 g/mol. The topological polar surface area (TPSA) is 41.5 Å². The number of rotatable bonds is 6. The van der Waals surface area contributed by atoms with E-state index in [1.165, 1.54) is 0 Å². The van der Waals surface area contributed by atoms with Crippen LogP contribution >= 0.6 is 11.8 Å². The van der Waals surface area contributed by atoms with Gasteiger partial charge in [0.2, 0.25) is 0 Å². The van der Waals surface area contributed by atoms with Crippen molar-refractivity contribution in [1.82, 2.24) is 5.32 Å². The average molecular weight is 174 g/mol. The van der Waals surface area contributed by atoms with Crippen molar-refractivity contribution < 1.29 is 0 Å². The van der Waals surface area contributed by atoms with E-state index in [4.69, 9.17) is 0 Å². The maximum atomic E-state index is 10.1. The van der Waals surface area contributed by atoms with E-state index >= 15 is 0 Å². The Kier molecular flexibility index (Phi) is 6.16. The minimum absolute atomic E-state index is 0.0416. The second kappa shape index (κ2) is 6.37. The third-order valence-corrected chi connectivity index (χ3v) is 2.12. The quantitative estimate of drug-likeness (QED) is 0.622. The lowest BCUT2D eigenvalue weighted by Crippen LogP contribution is -2.26. The lowest BCUT2D eigenvalue weighted by Gasteiger charge is -2.12. The van der Waals surface area contributed by atoms with E-state index in [-0.39, 0.29) is 6.04 Å². The zero-order valence-corrected chi connectivity index (χ0v) is 7.78. The normalized spacial score (nSPS) is 12.5. The van der Waals surface area contributed by atoms with Crippen LogP contribution < -0.4 is 5.32 Å². The molecule has 0 aromatic carbocycles. The molecule has 1 N–H and O–H groups in total. The number of likely N-dealkylation sites (N-methyl/N-ethyl adjacent to an activating group) is 1. The largest absolute Gasteiger partial charge is 0.312 e. The zero-order chi connectivity index (χ0) is 8.69. The van der Waals surface area contributed by atoms with E-state index in [0.717, 1.165) is 12.2 Å². The summed E-state index contributed by atoms with van der Waals surface area (Å²) in [6.07, 6.45) is 2.94. The summed E-state index contributed by atoms with van der Waals surface area (Å²) in [5.41, 5.74) is 0.390. The van der Waals surface area contributed by atoms with E-state index in [9.17, 15) is 4.91 Å². The molecule has 0 fully saturated rings. The number of nitroso groups, excluding NO2 is 1. The van der Waals surface area contributed by atoms with Crippen molar-refractivity contribution in [1.29, 1.82) is 0 Å². The summed E-state index contributed by atoms with van der Waals surface area (Å²) >= 11 is 1.75. The van der Waals surface area contributed by atoms with Gasteiger partial charge in [-0.1, -0.05) is 6.58 Å². The standard InChI is InChI=1S/C7H14N2OS/c1-6(9-10)7(8-2)4-5-11-3/h7-8H,1,4-5H2,2-3H3/t7-/m0/s1. The summed E-state index contributed by atoms with van der Waals surface area (Å²) in [6, 6.07) is 0.0416. The van der Waals surface area contributed by atoms with Gasteiger partial charge >= 0.3 is 0 Å². The lowest BCUT2D eigenvalue weighted by molar-refractivity contribution is 0.617. The smallest absolute Gasteiger partial charge is 0.0946 e. The van der Waals surface area contributed by atoms with Crippen LogP contribution in [0.1, 0.15) is 6.42 Å². The predicted octanol–water partition coefficient (Wildman–Crippen LogP) is 1.61. The van der Waals surface area contributed by atoms with Gasteiger partial charge in [0.25, 0.3) is 0 Å². The van der Waals surface area contributed by atoms with E-state index in [1.807, 2.05) is 6.26 Å². The molecule has 0 amide bonds. The molecule has 0 saturated carbocycles. The van der Waals surface area contributed by atoms with Gasteiger partial charge in [-0.3, -0.25) is 0 Å². The molecule has 0 aromatic heterocycles. The molecule has 64 valence electrons. The first-order valence-electron chi connectivity index (χ1n) is 3.44. The highest BCUT2D eigenvalue weighted by molar-refractivity contribution is 7.98. The highest BCUT2D eigenvalue weighted by atomic mass is 32.2. The van der Waals surface area contributed by atoms with Crippen LogP contribution in [-0.2, 0) is 0 Å². The number of nitrogens with one attached hydrogen (secondary N) is 1. The third-order valence-electron chi connectivity index (χ3n) is 1.48. The van der Waals surface area contributed by atoms with Gasteiger partial charge < -0.3 is 5.32 Å². The van der Waals surface area contributed by atoms with Crippen LogP contribution in [0, 0.1) is 4.91 Å². The van der Waals surface area contributed by atoms with E-state index in [1.54, 1.807) is 18.8 Å². The summed E-state index contributed by atoms with van der Waals surface area (Å²) < 4.78 is 0. The van der Waals surface area contributed by atoms with Gasteiger partial charge in [-0.25, -0.2) is 0 Å². The summed E-state index contributed by atoms with van der Waals surface area (Å²) in [4.78, 5) is 10.1. The van der Waals surface area contributed by atoms with Crippen molar-refractivity contribution in [3.8, 4) is 0 Å². The number of thioether (sulfide) groups is 1. The summed E-state index contributed by atoms with van der Waals surface area (Å²) in [5.74, 6) is 1.01. The van der Waals surface area contributed by atoms with Gasteiger partial charge in [-0.15, -0.1) is 4.91 Å². The van der Waals surface area contributed by atoms with Crippen LogP contribution in [0.5, 0.6) is 0 Å². The van der Waals surface area contributed by atoms with Crippen molar-refractivity contribution in [2.45, 2.75) is 12.5 Å². The monoisotopic (exact) mass is 174 g/mol. The molecule has 0 saturated heterocycles. The summed E-state index contributed by atoms with van der Waals surface area (Å²) in [6.45, 7) is 3.55. The third kappa shape index (κ3) is 4.16. The van der Waals surface area contributed by atoms with Crippen molar-refractivity contribution in [3.63, 3.8) is 0 Å². The maximum absolute atomic E-state index is 10.1. The molecule has 0 aliphatic rings. The van der Waals surface area contributed by atoms with Gasteiger partial charge in [-0.05, 0) is 30.7 Å². The molecule has 3 nitrogen and oxygen atoms in total. The lowest BCUT2D eigenvalue weighted by atomic mass is 10.2. The number of hydrogen-bond donors (Lipinski definition) is 1. The van der Waals surface area contributed by atoms with E-state index < -0.39 is 0 Å². The Morgan fingerprint density at radius 2 is 2.45 bits per heavy atom. The highest BCUT2D eigenvalue weighted by Gasteiger charge is 2.09. The van der Waals surface area contributed by atoms with E-state index in [2.05, 4.69) is 17.1 Å². The molecule has 0 aliphatic heterocycles. The van der Waals surface area contributed by atoms with Crippen LogP contribution in [0.3, 0.4) is 0 Å². The molecule has 0 aromatic rings. The fourth-order valence-electron chi connectivity index (χ4n) is 0.777. The molecule has 0 unspecified atom stereocenters. The molecule has 0 heterocycles. The predicted molar refractivity (Wildman–Crippen MR) is 50.8 cm³/mol. The molecule has 1 atom stereocenters. The number of nitrogens with zero attached hydrogens (tertiary/aromatic N) is 1. The van der Waals surface area contributed by atoms with Crippen LogP contribution in [0.4, 0.5) is 0 Å². The Hall–Kier alpha value is -0.350. The Morgan fingerprint density at radius 3 is 2.82 bits per heavy atom. The second-order valence-electron chi connectivity index (χ2n) is 2.21. The number of hydrogen-bond acceptors (Lipinski definition) is 4. The fourth-order valence-corrected chi connectivity index (χ4v) is 1.25. The van der Waals surface area contributed by atoms with Crippen molar-refractivity contribution in [3.05, 3.63) is 17.2 Å². The van der Waals surface area contributed by atoms with Crippen LogP contribution in [0.2, 0.25) is 0 Å². The summed E-state index contributed by atoms with van der Waals surface area (Å²) in [7, 11) is 1.81. The molecule has 0 rings (SSSR count). The highest BCUT2D eigenvalue weighted by Crippen LogP contribution is 2.07. The minimum atomic E-state index is 0.0416. The van der Waals surface area contributed by atoms with Crippen LogP contribution in [-0.4, -0.2) is 25.1 Å². The van der Waals surface area contributed by atoms with Gasteiger partial charge in [0.05, 0.1) is 11.7 Å². The second-order valence-corrected chi connectivity index (χ2v) is 3.19. The van der Waals surface area contributed by atoms with Gasteiger partial charge in [0.1, 0.15) is 0 Å². The Morgan fingerprint density at radius 1 is 1.82 bits per heavy atom. The van der Waals surface area contributed by atoms with Crippen molar-refractivity contribution >= 4 is 11.8 Å². The van der Waals surface area contributed by atoms with E-state index in [0.29, 0.717) is 5.70 Å². The Labute approximate surface area is 71.6 Å².